The van der Waals surface area contributed by atoms with Crippen molar-refractivity contribution in [2.45, 2.75) is 12.5 Å². The first-order valence-electron chi connectivity index (χ1n) is 12.2. The van der Waals surface area contributed by atoms with Crippen LogP contribution in [-0.2, 0) is 9.53 Å². The van der Waals surface area contributed by atoms with Gasteiger partial charge in [0.1, 0.15) is 11.8 Å². The fourth-order valence-corrected chi connectivity index (χ4v) is 5.23. The van der Waals surface area contributed by atoms with Crippen molar-refractivity contribution in [2.75, 3.05) is 32.8 Å². The summed E-state index contributed by atoms with van der Waals surface area (Å²) < 4.78 is 11.1. The number of hydrogen-bond donors (Lipinski definition) is 1. The summed E-state index contributed by atoms with van der Waals surface area (Å²) in [7, 11) is 0. The van der Waals surface area contributed by atoms with Crippen LogP contribution < -0.4 is 5.56 Å². The number of amides is 1. The molecule has 0 saturated carbocycles. The average Bonchev–Trinajstić information content (AvgIpc) is 3.60. The predicted molar refractivity (Wildman–Crippen MR) is 142 cm³/mol. The van der Waals surface area contributed by atoms with Crippen LogP contribution in [0.1, 0.15) is 23.8 Å². The molecule has 0 unspecified atom stereocenters. The number of benzene rings is 2. The fraction of sp³-hybridized carbons (Fsp3) is 0.250. The highest BCUT2D eigenvalue weighted by atomic mass is 35.5. The van der Waals surface area contributed by atoms with E-state index in [9.17, 15) is 9.59 Å². The lowest BCUT2D eigenvalue weighted by Crippen LogP contribution is -2.43. The molecular formula is C28H25ClN4O4. The van der Waals surface area contributed by atoms with Crippen molar-refractivity contribution in [3.63, 3.8) is 0 Å². The van der Waals surface area contributed by atoms with Gasteiger partial charge >= 0.3 is 0 Å². The monoisotopic (exact) mass is 516 g/mol. The number of carbonyl (C=O) groups is 1. The second-order valence-corrected chi connectivity index (χ2v) is 9.61. The Balaban J connectivity index is 1.48. The number of halogens is 1. The van der Waals surface area contributed by atoms with Crippen molar-refractivity contribution in [2.24, 2.45) is 5.10 Å². The van der Waals surface area contributed by atoms with E-state index in [1.54, 1.807) is 24.5 Å². The summed E-state index contributed by atoms with van der Waals surface area (Å²) in [5, 5.41) is 7.61. The number of carbonyl (C=O) groups excluding carboxylic acids is 1. The summed E-state index contributed by atoms with van der Waals surface area (Å²) in [5.74, 6) is 0.468. The third kappa shape index (κ3) is 4.59. The molecule has 0 radical (unpaired) electrons. The number of nitrogens with zero attached hydrogens (tertiary/aromatic N) is 3. The molecule has 0 bridgehead atoms. The number of hydrazone groups is 1. The molecule has 2 aliphatic heterocycles. The first kappa shape index (κ1) is 23.7. The molecule has 4 aromatic rings. The molecule has 37 heavy (non-hydrogen) atoms. The fourth-order valence-electron chi connectivity index (χ4n) is 5.06. The van der Waals surface area contributed by atoms with Crippen LogP contribution in [0.4, 0.5) is 0 Å². The average molecular weight is 517 g/mol. The van der Waals surface area contributed by atoms with Crippen molar-refractivity contribution in [3.05, 3.63) is 93.6 Å². The van der Waals surface area contributed by atoms with Gasteiger partial charge in [0.05, 0.1) is 37.3 Å². The Labute approximate surface area is 218 Å². The molecule has 2 aromatic heterocycles. The van der Waals surface area contributed by atoms with E-state index < -0.39 is 6.04 Å². The number of nitrogens with one attached hydrogen (secondary N) is 1. The van der Waals surface area contributed by atoms with Gasteiger partial charge in [-0.05, 0) is 35.9 Å². The third-order valence-electron chi connectivity index (χ3n) is 6.83. The highest BCUT2D eigenvalue weighted by molar-refractivity contribution is 6.31. The van der Waals surface area contributed by atoms with E-state index in [1.807, 2.05) is 42.5 Å². The lowest BCUT2D eigenvalue weighted by atomic mass is 9.92. The van der Waals surface area contributed by atoms with Crippen molar-refractivity contribution < 1.29 is 13.9 Å². The molecule has 2 aromatic carbocycles. The van der Waals surface area contributed by atoms with Crippen LogP contribution in [0.25, 0.3) is 22.0 Å². The van der Waals surface area contributed by atoms with Crippen LogP contribution >= 0.6 is 11.6 Å². The second kappa shape index (κ2) is 9.97. The summed E-state index contributed by atoms with van der Waals surface area (Å²) in [4.78, 5) is 32.1. The van der Waals surface area contributed by atoms with Gasteiger partial charge in [-0.1, -0.05) is 41.9 Å². The van der Waals surface area contributed by atoms with E-state index in [1.165, 1.54) is 5.01 Å². The standard InChI is InChI=1S/C28H25ClN4O4/c29-19-8-9-21-20(15-19)26(18-5-2-1-3-6-18)27(28(35)30-21)22-16-23(24-7-4-12-37-24)33(31-22)25(34)17-32-10-13-36-14-11-32/h1-9,12,15,23H,10-11,13-14,16-17H2,(H,30,35)/t23-/m0/s1. The molecule has 0 aliphatic carbocycles. The molecule has 1 N–H and O–H groups in total. The smallest absolute Gasteiger partial charge is 0.258 e. The normalized spacial score (nSPS) is 18.4. The van der Waals surface area contributed by atoms with Gasteiger partial charge in [0, 0.05) is 41.0 Å². The zero-order valence-electron chi connectivity index (χ0n) is 20.0. The van der Waals surface area contributed by atoms with Crippen LogP contribution in [0.3, 0.4) is 0 Å². The lowest BCUT2D eigenvalue weighted by Gasteiger charge is -2.28. The quantitative estimate of drug-likeness (QED) is 0.423. The third-order valence-corrected chi connectivity index (χ3v) is 7.06. The summed E-state index contributed by atoms with van der Waals surface area (Å²) in [5.41, 5.74) is 2.97. The van der Waals surface area contributed by atoms with Gasteiger partial charge in [0.25, 0.3) is 11.5 Å². The largest absolute Gasteiger partial charge is 0.467 e. The van der Waals surface area contributed by atoms with Crippen molar-refractivity contribution in [1.29, 1.82) is 0 Å². The van der Waals surface area contributed by atoms with Crippen LogP contribution in [0.15, 0.2) is 81.2 Å². The summed E-state index contributed by atoms with van der Waals surface area (Å²) in [6, 6.07) is 18.3. The molecule has 1 saturated heterocycles. The molecule has 1 atom stereocenters. The summed E-state index contributed by atoms with van der Waals surface area (Å²) in [6.07, 6.45) is 1.93. The molecule has 4 heterocycles. The maximum atomic E-state index is 13.6. The minimum atomic E-state index is -0.448. The maximum Gasteiger partial charge on any atom is 0.258 e. The van der Waals surface area contributed by atoms with Crippen LogP contribution in [0.2, 0.25) is 5.02 Å². The number of H-pyrrole nitrogens is 1. The first-order valence-corrected chi connectivity index (χ1v) is 12.6. The van der Waals surface area contributed by atoms with E-state index in [2.05, 4.69) is 9.88 Å². The SMILES string of the molecule is O=C(CN1CCOCC1)N1N=C(c2c(-c3ccccc3)c3cc(Cl)ccc3[nH]c2=O)C[C@H]1c1ccco1. The van der Waals surface area contributed by atoms with E-state index in [-0.39, 0.29) is 18.0 Å². The van der Waals surface area contributed by atoms with Gasteiger partial charge < -0.3 is 14.1 Å². The number of fused-ring (bicyclic) bond motifs is 1. The Hall–Kier alpha value is -3.72. The number of rotatable bonds is 5. The number of furan rings is 1. The van der Waals surface area contributed by atoms with Gasteiger partial charge in [-0.15, -0.1) is 0 Å². The van der Waals surface area contributed by atoms with E-state index >= 15 is 0 Å². The maximum absolute atomic E-state index is 13.6. The van der Waals surface area contributed by atoms with Crippen molar-refractivity contribution >= 4 is 34.1 Å². The van der Waals surface area contributed by atoms with Gasteiger partial charge in [-0.3, -0.25) is 14.5 Å². The molecular weight excluding hydrogens is 492 g/mol. The van der Waals surface area contributed by atoms with Gasteiger partial charge in [0.15, 0.2) is 0 Å². The van der Waals surface area contributed by atoms with Gasteiger partial charge in [0.2, 0.25) is 0 Å². The van der Waals surface area contributed by atoms with Crippen molar-refractivity contribution in [3.8, 4) is 11.1 Å². The number of aromatic amines is 1. The highest BCUT2D eigenvalue weighted by Crippen LogP contribution is 2.37. The Kier molecular flexibility index (Phi) is 6.38. The number of ether oxygens (including phenoxy) is 1. The molecule has 1 fully saturated rings. The second-order valence-electron chi connectivity index (χ2n) is 9.17. The zero-order valence-corrected chi connectivity index (χ0v) is 20.8. The van der Waals surface area contributed by atoms with Crippen LogP contribution in [0, 0.1) is 0 Å². The molecule has 188 valence electrons. The Morgan fingerprint density at radius 1 is 1.05 bits per heavy atom. The van der Waals surface area contributed by atoms with Gasteiger partial charge in [-0.2, -0.15) is 5.10 Å². The van der Waals surface area contributed by atoms with Crippen LogP contribution in [0.5, 0.6) is 0 Å². The zero-order chi connectivity index (χ0) is 25.4. The Morgan fingerprint density at radius 3 is 2.62 bits per heavy atom. The highest BCUT2D eigenvalue weighted by Gasteiger charge is 2.37. The number of hydrogen-bond acceptors (Lipinski definition) is 6. The predicted octanol–water partition coefficient (Wildman–Crippen LogP) is 4.45. The number of morpholine rings is 1. The first-order chi connectivity index (χ1) is 18.1. The van der Waals surface area contributed by atoms with Crippen molar-refractivity contribution in [1.82, 2.24) is 14.9 Å². The number of pyridine rings is 1. The molecule has 6 rings (SSSR count). The summed E-state index contributed by atoms with van der Waals surface area (Å²) in [6.45, 7) is 2.78. The van der Waals surface area contributed by atoms with Crippen LogP contribution in [-0.4, -0.2) is 59.4 Å². The van der Waals surface area contributed by atoms with E-state index in [0.29, 0.717) is 60.3 Å². The minimum absolute atomic E-state index is 0.153. The molecule has 1 amide bonds. The Bertz CT molecular complexity index is 1530. The Morgan fingerprint density at radius 2 is 1.86 bits per heavy atom. The minimum Gasteiger partial charge on any atom is -0.467 e. The lowest BCUT2D eigenvalue weighted by molar-refractivity contribution is -0.135. The molecule has 0 spiro atoms. The molecule has 8 nitrogen and oxygen atoms in total. The topological polar surface area (TPSA) is 91.1 Å². The summed E-state index contributed by atoms with van der Waals surface area (Å²) >= 11 is 6.38. The van der Waals surface area contributed by atoms with E-state index in [0.717, 1.165) is 16.5 Å². The van der Waals surface area contributed by atoms with Gasteiger partial charge in [-0.25, -0.2) is 5.01 Å². The molecule has 2 aliphatic rings. The number of aromatic nitrogens is 1. The van der Waals surface area contributed by atoms with E-state index in [4.69, 9.17) is 25.9 Å². The molecule has 9 heteroatoms.